The highest BCUT2D eigenvalue weighted by molar-refractivity contribution is 5.92. The molecule has 0 bridgehead atoms. The highest BCUT2D eigenvalue weighted by Crippen LogP contribution is 2.24. The number of ether oxygens (including phenoxy) is 4. The number of esters is 2. The number of allylic oxidation sites excluding steroid dienone is 2. The lowest BCUT2D eigenvalue weighted by molar-refractivity contribution is 0.0722. The van der Waals surface area contributed by atoms with E-state index in [1.165, 1.54) is 6.07 Å². The Morgan fingerprint density at radius 1 is 0.519 bits per heavy atom. The van der Waals surface area contributed by atoms with Crippen molar-refractivity contribution in [3.63, 3.8) is 0 Å². The van der Waals surface area contributed by atoms with E-state index in [0.29, 0.717) is 36.0 Å². The lowest BCUT2D eigenvalue weighted by Gasteiger charge is -2.06. The SMILES string of the molecule is C=CCCCCOc1ccc(N=Nc2ccc(C(=O)Oc3cc(OC(=O)c4ccc(N=Nc5ccc(OCCCCC=C)cc5)cc4)ncn3)cc2)cc1. The Labute approximate surface area is 313 Å². The van der Waals surface area contributed by atoms with Crippen molar-refractivity contribution in [1.29, 1.82) is 0 Å². The lowest BCUT2D eigenvalue weighted by Crippen LogP contribution is -2.11. The van der Waals surface area contributed by atoms with Crippen molar-refractivity contribution in [3.05, 3.63) is 146 Å². The molecule has 4 aromatic carbocycles. The number of aromatic nitrogens is 2. The van der Waals surface area contributed by atoms with Crippen molar-refractivity contribution < 1.29 is 28.5 Å². The maximum atomic E-state index is 12.8. The number of nitrogens with zero attached hydrogens (tertiary/aromatic N) is 6. The fourth-order valence-corrected chi connectivity index (χ4v) is 4.68. The van der Waals surface area contributed by atoms with E-state index in [9.17, 15) is 9.59 Å². The van der Waals surface area contributed by atoms with Crippen LogP contribution >= 0.6 is 0 Å². The van der Waals surface area contributed by atoms with Gasteiger partial charge in [-0.05, 0) is 136 Å². The predicted molar refractivity (Wildman–Crippen MR) is 205 cm³/mol. The molecule has 1 heterocycles. The quantitative estimate of drug-likeness (QED) is 0.0333. The molecular formula is C42H40N6O6. The van der Waals surface area contributed by atoms with E-state index in [2.05, 4.69) is 43.6 Å². The van der Waals surface area contributed by atoms with Crippen LogP contribution in [0.5, 0.6) is 23.3 Å². The smallest absolute Gasteiger partial charge is 0.344 e. The molecule has 5 aromatic rings. The van der Waals surface area contributed by atoms with Gasteiger partial charge in [-0.1, -0.05) is 12.2 Å². The van der Waals surface area contributed by atoms with Gasteiger partial charge in [0.25, 0.3) is 0 Å². The molecule has 0 aliphatic carbocycles. The molecule has 0 aliphatic rings. The first-order valence-corrected chi connectivity index (χ1v) is 17.5. The van der Waals surface area contributed by atoms with Gasteiger partial charge in [-0.25, -0.2) is 19.6 Å². The first kappa shape index (κ1) is 38.4. The average molecular weight is 725 g/mol. The summed E-state index contributed by atoms with van der Waals surface area (Å²) in [5.74, 6) is 0.0153. The summed E-state index contributed by atoms with van der Waals surface area (Å²) in [5, 5.41) is 17.0. The largest absolute Gasteiger partial charge is 0.494 e. The van der Waals surface area contributed by atoms with Gasteiger partial charge in [-0.3, -0.25) is 0 Å². The molecule has 0 amide bonds. The molecular weight excluding hydrogens is 684 g/mol. The summed E-state index contributed by atoms with van der Waals surface area (Å²) in [4.78, 5) is 33.5. The number of rotatable bonds is 20. The molecule has 0 N–H and O–H groups in total. The minimum Gasteiger partial charge on any atom is -0.494 e. The zero-order chi connectivity index (χ0) is 37.8. The standard InChI is InChI=1S/C42H40N6O6/c1-3-5-7-9-27-51-37-23-19-35(20-24-37)47-45-33-15-11-31(12-16-33)41(49)53-39-29-40(44-30-43-39)54-42(50)32-13-17-34(18-14-32)46-48-36-21-25-38(26-22-36)52-28-10-8-6-4-2/h3-4,11-26,29-30H,1-2,5-10,27-28H2. The van der Waals surface area contributed by atoms with Gasteiger partial charge in [0.1, 0.15) is 17.8 Å². The number of carbonyl (C=O) groups excluding carboxylic acids is 2. The number of unbranched alkanes of at least 4 members (excludes halogenated alkanes) is 4. The second kappa shape index (κ2) is 20.9. The normalized spacial score (nSPS) is 11.0. The van der Waals surface area contributed by atoms with Crippen molar-refractivity contribution >= 4 is 34.7 Å². The molecule has 12 heteroatoms. The molecule has 0 spiro atoms. The van der Waals surface area contributed by atoms with E-state index in [1.807, 2.05) is 60.7 Å². The van der Waals surface area contributed by atoms with Gasteiger partial charge in [0.15, 0.2) is 0 Å². The van der Waals surface area contributed by atoms with Crippen molar-refractivity contribution in [2.45, 2.75) is 38.5 Å². The van der Waals surface area contributed by atoms with Crippen LogP contribution in [0.2, 0.25) is 0 Å². The summed E-state index contributed by atoms with van der Waals surface area (Å²) in [6, 6.07) is 28.7. The monoisotopic (exact) mass is 724 g/mol. The molecule has 12 nitrogen and oxygen atoms in total. The van der Waals surface area contributed by atoms with Crippen molar-refractivity contribution in [3.8, 4) is 23.3 Å². The van der Waals surface area contributed by atoms with E-state index < -0.39 is 11.9 Å². The third-order valence-electron chi connectivity index (χ3n) is 7.60. The van der Waals surface area contributed by atoms with Crippen molar-refractivity contribution in [2.75, 3.05) is 13.2 Å². The molecule has 0 saturated heterocycles. The van der Waals surface area contributed by atoms with Gasteiger partial charge in [0, 0.05) is 0 Å². The molecule has 0 fully saturated rings. The van der Waals surface area contributed by atoms with Gasteiger partial charge in [-0.2, -0.15) is 20.5 Å². The average Bonchev–Trinajstić information content (AvgIpc) is 3.20. The van der Waals surface area contributed by atoms with Crippen LogP contribution in [0.1, 0.15) is 59.2 Å². The molecule has 5 rings (SSSR count). The van der Waals surface area contributed by atoms with Crippen molar-refractivity contribution in [1.82, 2.24) is 9.97 Å². The Bertz CT molecular complexity index is 1890. The zero-order valence-electron chi connectivity index (χ0n) is 29.8. The minimum atomic E-state index is -0.668. The maximum Gasteiger partial charge on any atom is 0.344 e. The topological polar surface area (TPSA) is 146 Å². The van der Waals surface area contributed by atoms with Gasteiger partial charge < -0.3 is 18.9 Å². The third-order valence-corrected chi connectivity index (χ3v) is 7.60. The summed E-state index contributed by atoms with van der Waals surface area (Å²) in [6.45, 7) is 8.74. The molecule has 0 saturated carbocycles. The fourth-order valence-electron chi connectivity index (χ4n) is 4.68. The van der Waals surface area contributed by atoms with Crippen LogP contribution in [0.4, 0.5) is 22.7 Å². The Morgan fingerprint density at radius 3 is 1.22 bits per heavy atom. The zero-order valence-corrected chi connectivity index (χ0v) is 29.8. The number of benzene rings is 4. The van der Waals surface area contributed by atoms with Gasteiger partial charge in [0.05, 0.1) is 53.2 Å². The van der Waals surface area contributed by atoms with Gasteiger partial charge >= 0.3 is 11.9 Å². The molecule has 1 aromatic heterocycles. The second-order valence-corrected chi connectivity index (χ2v) is 11.7. The van der Waals surface area contributed by atoms with E-state index in [0.717, 1.165) is 56.4 Å². The van der Waals surface area contributed by atoms with Gasteiger partial charge in [-0.15, -0.1) is 13.2 Å². The lowest BCUT2D eigenvalue weighted by atomic mass is 10.2. The van der Waals surface area contributed by atoms with Crippen LogP contribution in [-0.2, 0) is 0 Å². The van der Waals surface area contributed by atoms with Crippen LogP contribution in [0, 0.1) is 0 Å². The maximum absolute atomic E-state index is 12.8. The molecule has 0 radical (unpaired) electrons. The Balaban J connectivity index is 1.07. The first-order valence-electron chi connectivity index (χ1n) is 17.5. The van der Waals surface area contributed by atoms with Crippen LogP contribution in [-0.4, -0.2) is 35.1 Å². The molecule has 54 heavy (non-hydrogen) atoms. The van der Waals surface area contributed by atoms with E-state index in [1.54, 1.807) is 48.5 Å². The minimum absolute atomic E-state index is 0.0929. The third kappa shape index (κ3) is 12.7. The summed E-state index contributed by atoms with van der Waals surface area (Å²) < 4.78 is 22.2. The second-order valence-electron chi connectivity index (χ2n) is 11.7. The Morgan fingerprint density at radius 2 is 0.870 bits per heavy atom. The Hall–Kier alpha value is -6.82. The van der Waals surface area contributed by atoms with Crippen LogP contribution < -0.4 is 18.9 Å². The fraction of sp³-hybridized carbons (Fsp3) is 0.190. The summed E-state index contributed by atoms with van der Waals surface area (Å²) >= 11 is 0. The number of hydrogen-bond acceptors (Lipinski definition) is 12. The van der Waals surface area contributed by atoms with E-state index in [4.69, 9.17) is 18.9 Å². The van der Waals surface area contributed by atoms with E-state index in [-0.39, 0.29) is 22.9 Å². The van der Waals surface area contributed by atoms with Gasteiger partial charge in [0.2, 0.25) is 11.8 Å². The molecule has 0 aliphatic heterocycles. The summed E-state index contributed by atoms with van der Waals surface area (Å²) in [5.41, 5.74) is 2.92. The summed E-state index contributed by atoms with van der Waals surface area (Å²) in [6.07, 6.45) is 10.9. The van der Waals surface area contributed by atoms with Crippen molar-refractivity contribution in [2.24, 2.45) is 20.5 Å². The number of carbonyl (C=O) groups is 2. The highest BCUT2D eigenvalue weighted by atomic mass is 16.6. The molecule has 274 valence electrons. The molecule has 0 atom stereocenters. The molecule has 0 unspecified atom stereocenters. The van der Waals surface area contributed by atoms with Crippen LogP contribution in [0.25, 0.3) is 0 Å². The number of hydrogen-bond donors (Lipinski definition) is 0. The Kier molecular flexibility index (Phi) is 14.9. The predicted octanol–water partition coefficient (Wildman–Crippen LogP) is 11.2. The van der Waals surface area contributed by atoms with E-state index >= 15 is 0 Å². The number of azo groups is 2. The van der Waals surface area contributed by atoms with Crippen LogP contribution in [0.3, 0.4) is 0 Å². The summed E-state index contributed by atoms with van der Waals surface area (Å²) in [7, 11) is 0. The first-order chi connectivity index (χ1) is 26.5. The van der Waals surface area contributed by atoms with Crippen LogP contribution in [0.15, 0.2) is 155 Å². The highest BCUT2D eigenvalue weighted by Gasteiger charge is 2.14.